The van der Waals surface area contributed by atoms with Crippen molar-refractivity contribution in [1.82, 2.24) is 5.32 Å². The number of unbranched alkanes of at least 4 members (excludes halogenated alkanes) is 2. The predicted octanol–water partition coefficient (Wildman–Crippen LogP) is 3.63. The van der Waals surface area contributed by atoms with E-state index in [2.05, 4.69) is 16.6 Å². The summed E-state index contributed by atoms with van der Waals surface area (Å²) in [7, 11) is 0. The minimum Gasteiger partial charge on any atom is -0.338 e. The number of amides is 2. The van der Waals surface area contributed by atoms with Gasteiger partial charge >= 0.3 is 12.2 Å². The van der Waals surface area contributed by atoms with E-state index in [9.17, 15) is 18.0 Å². The van der Waals surface area contributed by atoms with E-state index >= 15 is 0 Å². The molecule has 3 nitrogen and oxygen atoms in total. The van der Waals surface area contributed by atoms with Crippen LogP contribution in [0.5, 0.6) is 0 Å². The summed E-state index contributed by atoms with van der Waals surface area (Å²) < 4.78 is 37.4. The van der Waals surface area contributed by atoms with Crippen LogP contribution >= 0.6 is 0 Å². The summed E-state index contributed by atoms with van der Waals surface area (Å²) in [4.78, 5) is 11.5. The van der Waals surface area contributed by atoms with Gasteiger partial charge in [0.15, 0.2) is 0 Å². The molecule has 0 atom stereocenters. The van der Waals surface area contributed by atoms with Gasteiger partial charge in [0.1, 0.15) is 0 Å². The van der Waals surface area contributed by atoms with Crippen LogP contribution in [0, 0.1) is 12.3 Å². The number of nitrogens with one attached hydrogen (secondary N) is 2. The smallest absolute Gasteiger partial charge is 0.338 e. The third kappa shape index (κ3) is 5.65. The lowest BCUT2D eigenvalue weighted by Crippen LogP contribution is -2.29. The fraction of sp³-hybridized carbons (Fsp3) is 0.357. The molecule has 0 unspecified atom stereocenters. The Balaban J connectivity index is 2.44. The Morgan fingerprint density at radius 2 is 2.05 bits per heavy atom. The number of carbonyl (C=O) groups excluding carboxylic acids is 1. The minimum absolute atomic E-state index is 0.0981. The molecule has 0 bridgehead atoms. The van der Waals surface area contributed by atoms with Crippen LogP contribution in [-0.2, 0) is 6.18 Å². The molecule has 1 aromatic rings. The number of hydrogen-bond donors (Lipinski definition) is 2. The van der Waals surface area contributed by atoms with E-state index in [0.717, 1.165) is 25.0 Å². The molecule has 0 fully saturated rings. The van der Waals surface area contributed by atoms with E-state index in [-0.39, 0.29) is 5.69 Å². The topological polar surface area (TPSA) is 41.1 Å². The van der Waals surface area contributed by atoms with Gasteiger partial charge in [-0.1, -0.05) is 6.07 Å². The highest BCUT2D eigenvalue weighted by Crippen LogP contribution is 2.30. The maximum absolute atomic E-state index is 12.5. The molecule has 0 spiro atoms. The highest BCUT2D eigenvalue weighted by atomic mass is 19.4. The minimum atomic E-state index is -4.43. The van der Waals surface area contributed by atoms with Crippen LogP contribution in [0.25, 0.3) is 0 Å². The van der Waals surface area contributed by atoms with Crippen molar-refractivity contribution >= 4 is 11.7 Å². The average molecular weight is 284 g/mol. The van der Waals surface area contributed by atoms with Crippen LogP contribution in [0.4, 0.5) is 23.7 Å². The number of hydrogen-bond acceptors (Lipinski definition) is 1. The van der Waals surface area contributed by atoms with Crippen LogP contribution in [0.3, 0.4) is 0 Å². The number of carbonyl (C=O) groups is 1. The number of rotatable bonds is 5. The molecule has 0 saturated carbocycles. The van der Waals surface area contributed by atoms with Crippen molar-refractivity contribution in [1.29, 1.82) is 0 Å². The van der Waals surface area contributed by atoms with Gasteiger partial charge in [0, 0.05) is 18.7 Å². The van der Waals surface area contributed by atoms with Crippen LogP contribution in [0.15, 0.2) is 24.3 Å². The lowest BCUT2D eigenvalue weighted by molar-refractivity contribution is -0.137. The number of halogens is 3. The van der Waals surface area contributed by atoms with E-state index < -0.39 is 17.8 Å². The van der Waals surface area contributed by atoms with E-state index in [4.69, 9.17) is 6.42 Å². The summed E-state index contributed by atoms with van der Waals surface area (Å²) in [5.41, 5.74) is -0.703. The molecular formula is C14H15F3N2O. The Kier molecular flexibility index (Phi) is 5.91. The lowest BCUT2D eigenvalue weighted by atomic mass is 10.2. The van der Waals surface area contributed by atoms with Crippen molar-refractivity contribution in [3.8, 4) is 12.3 Å². The number of urea groups is 1. The summed E-state index contributed by atoms with van der Waals surface area (Å²) >= 11 is 0. The zero-order chi connectivity index (χ0) is 15.0. The van der Waals surface area contributed by atoms with Gasteiger partial charge < -0.3 is 10.6 Å². The van der Waals surface area contributed by atoms with Gasteiger partial charge in [0.2, 0.25) is 0 Å². The maximum atomic E-state index is 12.5. The van der Waals surface area contributed by atoms with E-state index in [1.54, 1.807) is 0 Å². The fourth-order valence-electron chi connectivity index (χ4n) is 1.50. The monoisotopic (exact) mass is 284 g/mol. The second kappa shape index (κ2) is 7.43. The third-order valence-electron chi connectivity index (χ3n) is 2.48. The molecule has 108 valence electrons. The molecule has 2 N–H and O–H groups in total. The summed E-state index contributed by atoms with van der Waals surface area (Å²) in [6.45, 7) is 0.423. The Hall–Kier alpha value is -2.16. The SMILES string of the molecule is C#CCCCCNC(=O)Nc1cccc(C(F)(F)F)c1. The standard InChI is InChI=1S/C14H15F3N2O/c1-2-3-4-5-9-18-13(20)19-12-8-6-7-11(10-12)14(15,16)17/h1,6-8,10H,3-5,9H2,(H2,18,19,20). The molecule has 2 amide bonds. The highest BCUT2D eigenvalue weighted by molar-refractivity contribution is 5.89. The fourth-order valence-corrected chi connectivity index (χ4v) is 1.50. The normalized spacial score (nSPS) is 10.7. The third-order valence-corrected chi connectivity index (χ3v) is 2.48. The lowest BCUT2D eigenvalue weighted by Gasteiger charge is -2.10. The Morgan fingerprint density at radius 1 is 1.30 bits per heavy atom. The average Bonchev–Trinajstić information content (AvgIpc) is 2.38. The molecule has 6 heteroatoms. The maximum Gasteiger partial charge on any atom is 0.416 e. The largest absolute Gasteiger partial charge is 0.416 e. The van der Waals surface area contributed by atoms with Gasteiger partial charge in [0.25, 0.3) is 0 Å². The highest BCUT2D eigenvalue weighted by Gasteiger charge is 2.30. The Morgan fingerprint density at radius 3 is 2.70 bits per heavy atom. The van der Waals surface area contributed by atoms with Crippen molar-refractivity contribution in [2.75, 3.05) is 11.9 Å². The molecule has 1 aromatic carbocycles. The summed E-state index contributed by atoms with van der Waals surface area (Å²) in [5.74, 6) is 2.48. The van der Waals surface area contributed by atoms with Crippen molar-refractivity contribution in [3.05, 3.63) is 29.8 Å². The first kappa shape index (κ1) is 15.9. The van der Waals surface area contributed by atoms with Crippen molar-refractivity contribution in [2.24, 2.45) is 0 Å². The molecule has 0 radical (unpaired) electrons. The summed E-state index contributed by atoms with van der Waals surface area (Å²) in [5, 5.41) is 4.90. The van der Waals surface area contributed by atoms with Gasteiger partial charge in [-0.25, -0.2) is 4.79 Å². The van der Waals surface area contributed by atoms with Gasteiger partial charge in [-0.05, 0) is 31.0 Å². The van der Waals surface area contributed by atoms with Crippen LogP contribution in [0.1, 0.15) is 24.8 Å². The van der Waals surface area contributed by atoms with Crippen molar-refractivity contribution in [2.45, 2.75) is 25.4 Å². The Bertz CT molecular complexity index is 492. The van der Waals surface area contributed by atoms with Crippen molar-refractivity contribution in [3.63, 3.8) is 0 Å². The van der Waals surface area contributed by atoms with Crippen molar-refractivity contribution < 1.29 is 18.0 Å². The quantitative estimate of drug-likeness (QED) is 0.629. The number of anilines is 1. The molecule has 0 heterocycles. The van der Waals surface area contributed by atoms with Crippen LogP contribution in [0.2, 0.25) is 0 Å². The van der Waals surface area contributed by atoms with Gasteiger partial charge in [0.05, 0.1) is 5.56 Å². The summed E-state index contributed by atoms with van der Waals surface area (Å²) in [6.07, 6.45) is 2.80. The first-order valence-corrected chi connectivity index (χ1v) is 6.09. The zero-order valence-electron chi connectivity index (χ0n) is 10.8. The molecule has 0 aliphatic carbocycles. The molecule has 20 heavy (non-hydrogen) atoms. The predicted molar refractivity (Wildman–Crippen MR) is 71.1 cm³/mol. The van der Waals surface area contributed by atoms with Crippen LogP contribution in [-0.4, -0.2) is 12.6 Å². The second-order valence-corrected chi connectivity index (χ2v) is 4.12. The molecule has 0 aliphatic heterocycles. The number of benzene rings is 1. The molecule has 1 rings (SSSR count). The molecule has 0 saturated heterocycles. The summed E-state index contributed by atoms with van der Waals surface area (Å²) in [6, 6.07) is 3.93. The van der Waals surface area contributed by atoms with Gasteiger partial charge in [-0.3, -0.25) is 0 Å². The first-order chi connectivity index (χ1) is 9.43. The van der Waals surface area contributed by atoms with Gasteiger partial charge in [-0.2, -0.15) is 13.2 Å². The number of alkyl halides is 3. The molecule has 0 aromatic heterocycles. The van der Waals surface area contributed by atoms with Crippen LogP contribution < -0.4 is 10.6 Å². The number of terminal acetylenes is 1. The molecule has 0 aliphatic rings. The van der Waals surface area contributed by atoms with E-state index in [1.165, 1.54) is 12.1 Å². The Labute approximate surface area is 115 Å². The first-order valence-electron chi connectivity index (χ1n) is 6.09. The van der Waals surface area contributed by atoms with E-state index in [0.29, 0.717) is 13.0 Å². The van der Waals surface area contributed by atoms with Gasteiger partial charge in [-0.15, -0.1) is 12.3 Å². The second-order valence-electron chi connectivity index (χ2n) is 4.12. The molecular weight excluding hydrogens is 269 g/mol. The van der Waals surface area contributed by atoms with E-state index in [1.807, 2.05) is 0 Å². The zero-order valence-corrected chi connectivity index (χ0v) is 10.8.